The number of carbonyl (C=O) groups is 3. The molecule has 0 saturated carbocycles. The van der Waals surface area contributed by atoms with E-state index in [9.17, 15) is 27.6 Å². The smallest absolute Gasteiger partial charge is 0.418 e. The van der Waals surface area contributed by atoms with E-state index in [0.717, 1.165) is 12.1 Å². The van der Waals surface area contributed by atoms with E-state index in [1.54, 1.807) is 42.5 Å². The zero-order valence-electron chi connectivity index (χ0n) is 18.7. The molecule has 3 rings (SSSR count). The number of benzene rings is 3. The Bertz CT molecular complexity index is 1180. The summed E-state index contributed by atoms with van der Waals surface area (Å²) < 4.78 is 49.8. The van der Waals surface area contributed by atoms with Gasteiger partial charge in [-0.25, -0.2) is 0 Å². The molecule has 6 nitrogen and oxygen atoms in total. The van der Waals surface area contributed by atoms with Gasteiger partial charge in [0.15, 0.2) is 6.10 Å². The normalized spacial score (nSPS) is 11.9. The van der Waals surface area contributed by atoms with Gasteiger partial charge >= 0.3 is 12.1 Å². The van der Waals surface area contributed by atoms with Gasteiger partial charge in [0.25, 0.3) is 0 Å². The standard InChI is InChI=1S/C26H22F3NO5/c1-34-19-13-11-17(12-14-19)24(33)25(18-7-3-2-4-8-18)35-23(32)16-15-22(31)30-21-10-6-5-9-20(21)26(27,28)29/h2-14,25H,15-16H2,1H3,(H,30,31). The molecule has 3 aromatic rings. The number of para-hydroxylation sites is 1. The second-order valence-corrected chi connectivity index (χ2v) is 7.46. The van der Waals surface area contributed by atoms with E-state index in [-0.39, 0.29) is 5.56 Å². The number of nitrogens with one attached hydrogen (secondary N) is 1. The van der Waals surface area contributed by atoms with E-state index in [2.05, 4.69) is 5.32 Å². The van der Waals surface area contributed by atoms with Crippen LogP contribution in [-0.4, -0.2) is 24.8 Å². The fourth-order valence-corrected chi connectivity index (χ4v) is 3.27. The topological polar surface area (TPSA) is 81.7 Å². The number of carbonyl (C=O) groups excluding carboxylic acids is 3. The van der Waals surface area contributed by atoms with Crippen LogP contribution in [0.5, 0.6) is 5.75 Å². The van der Waals surface area contributed by atoms with Gasteiger partial charge in [0.2, 0.25) is 11.7 Å². The van der Waals surface area contributed by atoms with Crippen molar-refractivity contribution in [2.24, 2.45) is 0 Å². The predicted octanol–water partition coefficient (Wildman–Crippen LogP) is 5.60. The molecule has 1 amide bonds. The Hall–Kier alpha value is -4.14. The van der Waals surface area contributed by atoms with Crippen molar-refractivity contribution < 1.29 is 37.0 Å². The van der Waals surface area contributed by atoms with E-state index in [0.29, 0.717) is 11.3 Å². The Morgan fingerprint density at radius 2 is 1.49 bits per heavy atom. The summed E-state index contributed by atoms with van der Waals surface area (Å²) in [4.78, 5) is 37.8. The molecular weight excluding hydrogens is 463 g/mol. The van der Waals surface area contributed by atoms with Gasteiger partial charge in [0.1, 0.15) is 5.75 Å². The molecule has 1 atom stereocenters. The molecule has 3 aromatic carbocycles. The predicted molar refractivity (Wildman–Crippen MR) is 122 cm³/mol. The van der Waals surface area contributed by atoms with Crippen molar-refractivity contribution >= 4 is 23.3 Å². The van der Waals surface area contributed by atoms with E-state index >= 15 is 0 Å². The van der Waals surface area contributed by atoms with Crippen molar-refractivity contribution in [3.05, 3.63) is 95.6 Å². The second-order valence-electron chi connectivity index (χ2n) is 7.46. The molecule has 0 aliphatic carbocycles. The molecule has 0 saturated heterocycles. The van der Waals surface area contributed by atoms with Crippen LogP contribution in [0, 0.1) is 0 Å². The van der Waals surface area contributed by atoms with Crippen molar-refractivity contribution in [1.29, 1.82) is 0 Å². The number of esters is 1. The van der Waals surface area contributed by atoms with E-state index in [1.807, 2.05) is 0 Å². The maximum Gasteiger partial charge on any atom is 0.418 e. The second kappa shape index (κ2) is 11.3. The summed E-state index contributed by atoms with van der Waals surface area (Å²) >= 11 is 0. The summed E-state index contributed by atoms with van der Waals surface area (Å²) in [5.41, 5.74) is -0.681. The SMILES string of the molecule is COc1ccc(C(=O)C(OC(=O)CCC(=O)Nc2ccccc2C(F)(F)F)c2ccccc2)cc1. The third-order valence-corrected chi connectivity index (χ3v) is 5.03. The number of ketones is 1. The number of anilines is 1. The van der Waals surface area contributed by atoms with Gasteiger partial charge in [-0.3, -0.25) is 14.4 Å². The summed E-state index contributed by atoms with van der Waals surface area (Å²) in [6.07, 6.45) is -6.76. The average molecular weight is 485 g/mol. The zero-order chi connectivity index (χ0) is 25.4. The molecule has 1 unspecified atom stereocenters. The molecule has 0 spiro atoms. The van der Waals surface area contributed by atoms with Crippen molar-refractivity contribution in [3.63, 3.8) is 0 Å². The molecule has 0 bridgehead atoms. The van der Waals surface area contributed by atoms with Crippen LogP contribution in [-0.2, 0) is 20.5 Å². The molecule has 0 fully saturated rings. The fraction of sp³-hybridized carbons (Fsp3) is 0.192. The van der Waals surface area contributed by atoms with Gasteiger partial charge in [-0.1, -0.05) is 42.5 Å². The summed E-state index contributed by atoms with van der Waals surface area (Å²) in [6.45, 7) is 0. The van der Waals surface area contributed by atoms with Gasteiger partial charge in [-0.15, -0.1) is 0 Å². The van der Waals surface area contributed by atoms with Crippen LogP contribution < -0.4 is 10.1 Å². The van der Waals surface area contributed by atoms with Crippen LogP contribution in [0.4, 0.5) is 18.9 Å². The number of Topliss-reactive ketones (excluding diaryl/α,β-unsaturated/α-hetero) is 1. The highest BCUT2D eigenvalue weighted by Gasteiger charge is 2.33. The Morgan fingerprint density at radius 1 is 0.857 bits per heavy atom. The maximum atomic E-state index is 13.1. The molecule has 182 valence electrons. The minimum Gasteiger partial charge on any atom is -0.497 e. The summed E-state index contributed by atoms with van der Waals surface area (Å²) in [5, 5.41) is 2.17. The van der Waals surface area contributed by atoms with Gasteiger partial charge in [0.05, 0.1) is 24.8 Å². The Balaban J connectivity index is 1.67. The molecule has 0 radical (unpaired) electrons. The summed E-state index contributed by atoms with van der Waals surface area (Å²) in [7, 11) is 1.49. The zero-order valence-corrected chi connectivity index (χ0v) is 18.7. The highest BCUT2D eigenvalue weighted by Crippen LogP contribution is 2.34. The average Bonchev–Trinajstić information content (AvgIpc) is 2.86. The van der Waals surface area contributed by atoms with Crippen LogP contribution in [0.3, 0.4) is 0 Å². The number of halogens is 3. The largest absolute Gasteiger partial charge is 0.497 e. The first-order chi connectivity index (χ1) is 16.7. The third-order valence-electron chi connectivity index (χ3n) is 5.03. The van der Waals surface area contributed by atoms with Crippen molar-refractivity contribution in [2.45, 2.75) is 25.1 Å². The summed E-state index contributed by atoms with van der Waals surface area (Å²) in [5.74, 6) is -1.57. The number of amides is 1. The highest BCUT2D eigenvalue weighted by atomic mass is 19.4. The van der Waals surface area contributed by atoms with Crippen molar-refractivity contribution in [2.75, 3.05) is 12.4 Å². The number of methoxy groups -OCH3 is 1. The fourth-order valence-electron chi connectivity index (χ4n) is 3.27. The minimum atomic E-state index is -4.65. The van der Waals surface area contributed by atoms with Crippen LogP contribution in [0.25, 0.3) is 0 Å². The first-order valence-electron chi connectivity index (χ1n) is 10.6. The summed E-state index contributed by atoms with van der Waals surface area (Å²) in [6, 6.07) is 19.2. The van der Waals surface area contributed by atoms with Gasteiger partial charge < -0.3 is 14.8 Å². The monoisotopic (exact) mass is 485 g/mol. The van der Waals surface area contributed by atoms with Crippen LogP contribution in [0.15, 0.2) is 78.9 Å². The number of alkyl halides is 3. The van der Waals surface area contributed by atoms with E-state index < -0.39 is 54.0 Å². The number of ether oxygens (including phenoxy) is 2. The molecule has 0 aliphatic heterocycles. The van der Waals surface area contributed by atoms with Gasteiger partial charge in [0, 0.05) is 17.5 Å². The van der Waals surface area contributed by atoms with Gasteiger partial charge in [-0.05, 0) is 36.4 Å². The lowest BCUT2D eigenvalue weighted by atomic mass is 9.99. The Kier molecular flexibility index (Phi) is 8.25. The number of hydrogen-bond donors (Lipinski definition) is 1. The molecule has 0 heterocycles. The number of rotatable bonds is 9. The molecule has 35 heavy (non-hydrogen) atoms. The first kappa shape index (κ1) is 25.5. The molecular formula is C26H22F3NO5. The van der Waals surface area contributed by atoms with E-state index in [4.69, 9.17) is 9.47 Å². The Labute approximate surface area is 199 Å². The molecule has 0 aromatic heterocycles. The molecule has 0 aliphatic rings. The third kappa shape index (κ3) is 6.92. The molecule has 9 heteroatoms. The minimum absolute atomic E-state index is 0.286. The van der Waals surface area contributed by atoms with Gasteiger partial charge in [-0.2, -0.15) is 13.2 Å². The lowest BCUT2D eigenvalue weighted by Crippen LogP contribution is -2.22. The maximum absolute atomic E-state index is 13.1. The van der Waals surface area contributed by atoms with E-state index in [1.165, 1.54) is 31.4 Å². The van der Waals surface area contributed by atoms with Crippen molar-refractivity contribution in [1.82, 2.24) is 0 Å². The highest BCUT2D eigenvalue weighted by molar-refractivity contribution is 6.01. The lowest BCUT2D eigenvalue weighted by Gasteiger charge is -2.18. The van der Waals surface area contributed by atoms with Crippen LogP contribution in [0.2, 0.25) is 0 Å². The van der Waals surface area contributed by atoms with Crippen molar-refractivity contribution in [3.8, 4) is 5.75 Å². The Morgan fingerprint density at radius 3 is 2.11 bits per heavy atom. The van der Waals surface area contributed by atoms with Crippen LogP contribution in [0.1, 0.15) is 40.4 Å². The first-order valence-corrected chi connectivity index (χ1v) is 10.6. The van der Waals surface area contributed by atoms with Crippen LogP contribution >= 0.6 is 0 Å². The molecule has 1 N–H and O–H groups in total. The lowest BCUT2D eigenvalue weighted by molar-refractivity contribution is -0.148. The quantitative estimate of drug-likeness (QED) is 0.315. The number of hydrogen-bond acceptors (Lipinski definition) is 5.